The Morgan fingerprint density at radius 3 is 2.87 bits per heavy atom. The van der Waals surface area contributed by atoms with Crippen LogP contribution in [0.2, 0.25) is 0 Å². The number of alkyl halides is 2. The predicted molar refractivity (Wildman–Crippen MR) is 146 cm³/mol. The lowest BCUT2D eigenvalue weighted by Crippen LogP contribution is -2.75. The largest absolute Gasteiger partial charge is 0.487 e. The van der Waals surface area contributed by atoms with Crippen LogP contribution in [0.25, 0.3) is 0 Å². The minimum atomic E-state index is -2.89. The molecule has 2 N–H and O–H groups in total. The van der Waals surface area contributed by atoms with Crippen molar-refractivity contribution in [1.82, 2.24) is 19.5 Å². The van der Waals surface area contributed by atoms with Gasteiger partial charge in [0.15, 0.2) is 6.61 Å². The second-order valence-electron chi connectivity index (χ2n) is 10.3. The number of aryl methyl sites for hydroxylation is 1. The van der Waals surface area contributed by atoms with E-state index in [1.807, 2.05) is 10.5 Å². The molecular weight excluding hydrogens is 534 g/mol. The second kappa shape index (κ2) is 13.6. The molecule has 2 aliphatic heterocycles. The van der Waals surface area contributed by atoms with Crippen LogP contribution >= 0.6 is 23.9 Å². The van der Waals surface area contributed by atoms with E-state index in [1.54, 1.807) is 37.3 Å². The van der Waals surface area contributed by atoms with Crippen molar-refractivity contribution >= 4 is 35.7 Å². The van der Waals surface area contributed by atoms with Gasteiger partial charge in [0.1, 0.15) is 17.8 Å². The number of methoxy groups -OCH3 is 1. The Balaban J connectivity index is 1.32. The highest BCUT2D eigenvalue weighted by Gasteiger charge is 2.56. The van der Waals surface area contributed by atoms with Crippen LogP contribution in [-0.2, 0) is 20.7 Å². The Morgan fingerprint density at radius 1 is 1.32 bits per heavy atom. The van der Waals surface area contributed by atoms with Gasteiger partial charge in [-0.3, -0.25) is 14.3 Å². The lowest BCUT2D eigenvalue weighted by Gasteiger charge is -2.53. The Kier molecular flexibility index (Phi) is 10.6. The van der Waals surface area contributed by atoms with E-state index in [0.717, 1.165) is 43.5 Å². The summed E-state index contributed by atoms with van der Waals surface area (Å²) in [6.07, 6.45) is 5.72. The smallest absolute Gasteiger partial charge is 0.278 e. The first-order valence-electron chi connectivity index (χ1n) is 13.2. The van der Waals surface area contributed by atoms with Crippen molar-refractivity contribution in [2.24, 2.45) is 5.92 Å². The molecule has 12 heteroatoms. The number of hydrogen-bond donors (Lipinski definition) is 2. The van der Waals surface area contributed by atoms with Crippen molar-refractivity contribution in [3.8, 4) is 5.75 Å². The fourth-order valence-corrected chi connectivity index (χ4v) is 6.50. The number of hydrazine groups is 1. The Hall–Kier alpha value is -1.60. The van der Waals surface area contributed by atoms with Gasteiger partial charge in [0.25, 0.3) is 11.8 Å². The lowest BCUT2D eigenvalue weighted by molar-refractivity contribution is -0.173. The molecular formula is C26H38F2N4O4S2. The molecule has 38 heavy (non-hydrogen) atoms. The van der Waals surface area contributed by atoms with E-state index in [0.29, 0.717) is 31.0 Å². The SMILES string of the molecule is COCCCSNC(=O)C1C2C(=O)NC(CCc3cccc(OCC(C)(F)F)c3)CSN2N1CCC1CC1. The van der Waals surface area contributed by atoms with Crippen molar-refractivity contribution in [3.05, 3.63) is 29.8 Å². The van der Waals surface area contributed by atoms with Gasteiger partial charge < -0.3 is 14.8 Å². The summed E-state index contributed by atoms with van der Waals surface area (Å²) < 4.78 is 41.5. The van der Waals surface area contributed by atoms with Crippen LogP contribution in [0, 0.1) is 5.92 Å². The molecule has 2 heterocycles. The van der Waals surface area contributed by atoms with Gasteiger partial charge in [-0.2, -0.15) is 4.41 Å². The second-order valence-corrected chi connectivity index (χ2v) is 12.2. The van der Waals surface area contributed by atoms with Gasteiger partial charge in [-0.15, -0.1) is 0 Å². The summed E-state index contributed by atoms with van der Waals surface area (Å²) in [6, 6.07) is 6.05. The number of nitrogens with zero attached hydrogens (tertiary/aromatic N) is 2. The lowest BCUT2D eigenvalue weighted by atomic mass is 10.00. The van der Waals surface area contributed by atoms with E-state index in [9.17, 15) is 18.4 Å². The maximum Gasteiger partial charge on any atom is 0.278 e. The molecule has 2 amide bonds. The summed E-state index contributed by atoms with van der Waals surface area (Å²) in [5.74, 6) is -0.575. The summed E-state index contributed by atoms with van der Waals surface area (Å²) in [5.41, 5.74) is 0.961. The minimum absolute atomic E-state index is 0.0694. The number of amides is 2. The molecule has 2 saturated heterocycles. The highest BCUT2D eigenvalue weighted by Crippen LogP contribution is 2.39. The maximum atomic E-state index is 13.3. The van der Waals surface area contributed by atoms with Gasteiger partial charge >= 0.3 is 0 Å². The number of ether oxygens (including phenoxy) is 2. The summed E-state index contributed by atoms with van der Waals surface area (Å²) in [6.45, 7) is 1.57. The highest BCUT2D eigenvalue weighted by molar-refractivity contribution is 7.98. The highest BCUT2D eigenvalue weighted by atomic mass is 32.2. The number of nitrogens with one attached hydrogen (secondary N) is 2. The zero-order chi connectivity index (χ0) is 27.1. The van der Waals surface area contributed by atoms with E-state index < -0.39 is 24.6 Å². The van der Waals surface area contributed by atoms with Crippen molar-refractivity contribution in [2.75, 3.05) is 38.4 Å². The van der Waals surface area contributed by atoms with E-state index in [2.05, 4.69) is 15.0 Å². The van der Waals surface area contributed by atoms with Crippen LogP contribution in [0.1, 0.15) is 44.6 Å². The molecule has 212 valence electrons. The normalized spacial score (nSPS) is 24.2. The van der Waals surface area contributed by atoms with Gasteiger partial charge in [-0.05, 0) is 49.3 Å². The van der Waals surface area contributed by atoms with Crippen LogP contribution in [0.15, 0.2) is 24.3 Å². The minimum Gasteiger partial charge on any atom is -0.487 e. The molecule has 0 bridgehead atoms. The van der Waals surface area contributed by atoms with E-state index in [1.165, 1.54) is 24.8 Å². The molecule has 0 radical (unpaired) electrons. The van der Waals surface area contributed by atoms with E-state index in [4.69, 9.17) is 9.47 Å². The third kappa shape index (κ3) is 8.45. The van der Waals surface area contributed by atoms with E-state index in [-0.39, 0.29) is 17.9 Å². The van der Waals surface area contributed by atoms with E-state index >= 15 is 0 Å². The van der Waals surface area contributed by atoms with Gasteiger partial charge in [-0.1, -0.05) is 48.9 Å². The third-order valence-electron chi connectivity index (χ3n) is 6.81. The Labute approximate surface area is 232 Å². The predicted octanol–water partition coefficient (Wildman–Crippen LogP) is 3.67. The van der Waals surface area contributed by atoms with Crippen LogP contribution in [0.4, 0.5) is 8.78 Å². The van der Waals surface area contributed by atoms with Crippen molar-refractivity contribution < 1.29 is 27.8 Å². The molecule has 3 unspecified atom stereocenters. The number of hydrogen-bond acceptors (Lipinski definition) is 8. The number of halogens is 2. The van der Waals surface area contributed by atoms with Crippen LogP contribution < -0.4 is 14.8 Å². The molecule has 0 aromatic heterocycles. The van der Waals surface area contributed by atoms with Crippen LogP contribution in [-0.4, -0.2) is 83.7 Å². The van der Waals surface area contributed by atoms with Crippen LogP contribution in [0.3, 0.4) is 0 Å². The first-order chi connectivity index (χ1) is 18.2. The topological polar surface area (TPSA) is 83.1 Å². The first kappa shape index (κ1) is 29.4. The van der Waals surface area contributed by atoms with Crippen molar-refractivity contribution in [1.29, 1.82) is 0 Å². The molecule has 1 aromatic rings. The fraction of sp³-hybridized carbons (Fsp3) is 0.692. The van der Waals surface area contributed by atoms with Gasteiger partial charge in [0.05, 0.1) is 0 Å². The number of benzene rings is 1. The first-order valence-corrected chi connectivity index (χ1v) is 15.2. The fourth-order valence-electron chi connectivity index (χ4n) is 4.58. The molecule has 1 aliphatic carbocycles. The van der Waals surface area contributed by atoms with Gasteiger partial charge in [0, 0.05) is 44.7 Å². The molecule has 8 nitrogen and oxygen atoms in total. The van der Waals surface area contributed by atoms with Crippen molar-refractivity contribution in [2.45, 2.75) is 69.5 Å². The quantitative estimate of drug-likeness (QED) is 0.243. The molecule has 1 aromatic carbocycles. The molecule has 3 fully saturated rings. The summed E-state index contributed by atoms with van der Waals surface area (Å²) >= 11 is 2.96. The summed E-state index contributed by atoms with van der Waals surface area (Å²) in [5, 5.41) is 5.21. The average molecular weight is 573 g/mol. The summed E-state index contributed by atoms with van der Waals surface area (Å²) in [4.78, 5) is 26.4. The molecule has 3 aliphatic rings. The average Bonchev–Trinajstić information content (AvgIpc) is 3.70. The van der Waals surface area contributed by atoms with Gasteiger partial charge in [-0.25, -0.2) is 13.8 Å². The molecule has 1 saturated carbocycles. The molecule has 4 rings (SSSR count). The monoisotopic (exact) mass is 572 g/mol. The number of carbonyl (C=O) groups is 2. The number of rotatable bonds is 15. The Morgan fingerprint density at radius 2 is 2.13 bits per heavy atom. The van der Waals surface area contributed by atoms with Crippen molar-refractivity contribution in [3.63, 3.8) is 0 Å². The third-order valence-corrected chi connectivity index (χ3v) is 8.90. The number of fused-ring (bicyclic) bond motifs is 1. The zero-order valence-electron chi connectivity index (χ0n) is 22.0. The zero-order valence-corrected chi connectivity index (χ0v) is 23.6. The Bertz CT molecular complexity index is 950. The maximum absolute atomic E-state index is 13.3. The summed E-state index contributed by atoms with van der Waals surface area (Å²) in [7, 11) is 1.65. The van der Waals surface area contributed by atoms with Crippen LogP contribution in [0.5, 0.6) is 5.75 Å². The number of carbonyl (C=O) groups excluding carboxylic acids is 2. The molecule has 3 atom stereocenters. The molecule has 0 spiro atoms. The van der Waals surface area contributed by atoms with Gasteiger partial charge in [0.2, 0.25) is 5.91 Å². The standard InChI is InChI=1S/C26H38F2N4O4S2/c1-26(27,28)17-36-21-6-3-5-19(15-21)9-10-20-16-38-32-23(24(33)29-20)22(31(32)12-11-18-7-8-18)25(34)30-37-14-4-13-35-2/h3,5-6,15,18,20,22-23H,4,7-14,16-17H2,1-2H3,(H,29,33)(H,30,34).